The molecule has 3 aromatic rings. The molecule has 1 aliphatic rings. The molecule has 178 valence electrons. The summed E-state index contributed by atoms with van der Waals surface area (Å²) in [5.74, 6) is 0.355. The normalized spacial score (nSPS) is 15.1. The van der Waals surface area contributed by atoms with Crippen LogP contribution in [0.2, 0.25) is 0 Å². The molecule has 0 bridgehead atoms. The number of carbonyl (C=O) groups excluding carboxylic acids is 1. The molecule has 0 atom stereocenters. The third kappa shape index (κ3) is 5.60. The second-order valence-electron chi connectivity index (χ2n) is 7.70. The first kappa shape index (κ1) is 23.4. The Balaban J connectivity index is 1.32. The Morgan fingerprint density at radius 2 is 1.88 bits per heavy atom. The van der Waals surface area contributed by atoms with Crippen molar-refractivity contribution in [2.75, 3.05) is 33.3 Å². The van der Waals surface area contributed by atoms with Gasteiger partial charge in [0.25, 0.3) is 5.91 Å². The molecule has 0 saturated carbocycles. The van der Waals surface area contributed by atoms with Gasteiger partial charge in [-0.25, -0.2) is 0 Å². The molecule has 2 aromatic carbocycles. The summed E-state index contributed by atoms with van der Waals surface area (Å²) < 4.78 is 44.1. The highest BCUT2D eigenvalue weighted by molar-refractivity contribution is 5.95. The molecule has 0 aliphatic carbocycles. The molecular weight excluding hydrogens is 451 g/mol. The Hall–Kier alpha value is -3.73. The lowest BCUT2D eigenvalue weighted by molar-refractivity contribution is -0.137. The SMILES string of the molecule is CO/N=C/c1ccc(C(=O)N2CCN(Cc3nc(-c4cccc(C(F)(F)F)c4)no3)CC2)cc1. The summed E-state index contributed by atoms with van der Waals surface area (Å²) in [5.41, 5.74) is 0.882. The van der Waals surface area contributed by atoms with Gasteiger partial charge in [-0.1, -0.05) is 34.6 Å². The quantitative estimate of drug-likeness (QED) is 0.401. The maximum absolute atomic E-state index is 12.9. The summed E-state index contributed by atoms with van der Waals surface area (Å²) in [5, 5.41) is 7.51. The molecule has 34 heavy (non-hydrogen) atoms. The number of hydrogen-bond donors (Lipinski definition) is 0. The molecular formula is C23H22F3N5O3. The number of amides is 1. The van der Waals surface area contributed by atoms with Gasteiger partial charge in [-0.2, -0.15) is 18.2 Å². The number of aromatic nitrogens is 2. The Morgan fingerprint density at radius 1 is 1.15 bits per heavy atom. The minimum Gasteiger partial charge on any atom is -0.399 e. The van der Waals surface area contributed by atoms with Crippen LogP contribution in [0, 0.1) is 0 Å². The first-order valence-corrected chi connectivity index (χ1v) is 10.5. The Bertz CT molecular complexity index is 1150. The van der Waals surface area contributed by atoms with Crippen LogP contribution in [-0.2, 0) is 17.6 Å². The van der Waals surface area contributed by atoms with E-state index < -0.39 is 11.7 Å². The number of rotatable bonds is 6. The third-order valence-electron chi connectivity index (χ3n) is 5.40. The molecule has 1 saturated heterocycles. The van der Waals surface area contributed by atoms with Crippen molar-refractivity contribution in [2.45, 2.75) is 12.7 Å². The average Bonchev–Trinajstić information content (AvgIpc) is 3.31. The summed E-state index contributed by atoms with van der Waals surface area (Å²) in [6.45, 7) is 2.61. The second kappa shape index (κ2) is 10.0. The van der Waals surface area contributed by atoms with E-state index in [1.54, 1.807) is 35.4 Å². The third-order valence-corrected chi connectivity index (χ3v) is 5.40. The monoisotopic (exact) mass is 473 g/mol. The van der Waals surface area contributed by atoms with E-state index in [0.717, 1.165) is 17.7 Å². The van der Waals surface area contributed by atoms with Gasteiger partial charge in [0, 0.05) is 37.3 Å². The number of oxime groups is 1. The number of nitrogens with zero attached hydrogens (tertiary/aromatic N) is 5. The topological polar surface area (TPSA) is 84.1 Å². The molecule has 1 aromatic heterocycles. The van der Waals surface area contributed by atoms with Crippen LogP contribution >= 0.6 is 0 Å². The van der Waals surface area contributed by atoms with Crippen LogP contribution < -0.4 is 0 Å². The largest absolute Gasteiger partial charge is 0.416 e. The highest BCUT2D eigenvalue weighted by Crippen LogP contribution is 2.31. The number of benzene rings is 2. The van der Waals surface area contributed by atoms with E-state index in [1.807, 2.05) is 0 Å². The maximum Gasteiger partial charge on any atom is 0.416 e. The number of halogens is 3. The first-order valence-electron chi connectivity index (χ1n) is 10.5. The first-order chi connectivity index (χ1) is 16.3. The van der Waals surface area contributed by atoms with E-state index in [1.165, 1.54) is 19.2 Å². The summed E-state index contributed by atoms with van der Waals surface area (Å²) in [4.78, 5) is 25.5. The van der Waals surface area contributed by atoms with E-state index in [9.17, 15) is 18.0 Å². The zero-order chi connectivity index (χ0) is 24.1. The highest BCUT2D eigenvalue weighted by Gasteiger charge is 2.31. The molecule has 0 spiro atoms. The lowest BCUT2D eigenvalue weighted by atomic mass is 10.1. The molecule has 2 heterocycles. The van der Waals surface area contributed by atoms with Gasteiger partial charge in [0.1, 0.15) is 7.11 Å². The number of alkyl halides is 3. The van der Waals surface area contributed by atoms with Crippen molar-refractivity contribution >= 4 is 12.1 Å². The van der Waals surface area contributed by atoms with Gasteiger partial charge in [0.2, 0.25) is 11.7 Å². The fraction of sp³-hybridized carbons (Fsp3) is 0.304. The Morgan fingerprint density at radius 3 is 2.56 bits per heavy atom. The van der Waals surface area contributed by atoms with Gasteiger partial charge < -0.3 is 14.3 Å². The summed E-state index contributed by atoms with van der Waals surface area (Å²) in [6.07, 6.45) is -2.89. The van der Waals surface area contributed by atoms with Crippen molar-refractivity contribution in [3.63, 3.8) is 0 Å². The molecule has 4 rings (SSSR count). The van der Waals surface area contributed by atoms with Crippen LogP contribution in [0.5, 0.6) is 0 Å². The van der Waals surface area contributed by atoms with E-state index in [4.69, 9.17) is 4.52 Å². The standard InChI is InChI=1S/C23H22F3N5O3/c1-33-27-14-16-5-7-17(8-6-16)22(32)31-11-9-30(10-12-31)15-20-28-21(29-34-20)18-3-2-4-19(13-18)23(24,25)26/h2-8,13-14H,9-12,15H2,1H3/b27-14+. The summed E-state index contributed by atoms with van der Waals surface area (Å²) in [7, 11) is 1.46. The van der Waals surface area contributed by atoms with Gasteiger partial charge in [-0.05, 0) is 29.8 Å². The minimum absolute atomic E-state index is 0.0560. The van der Waals surface area contributed by atoms with Gasteiger partial charge in [0.15, 0.2) is 0 Å². The average molecular weight is 473 g/mol. The van der Waals surface area contributed by atoms with E-state index in [2.05, 4.69) is 25.0 Å². The summed E-state index contributed by atoms with van der Waals surface area (Å²) in [6, 6.07) is 11.9. The molecule has 1 fully saturated rings. The van der Waals surface area contributed by atoms with Gasteiger partial charge in [-0.15, -0.1) is 0 Å². The number of hydrogen-bond acceptors (Lipinski definition) is 7. The van der Waals surface area contributed by atoms with E-state index >= 15 is 0 Å². The van der Waals surface area contributed by atoms with Crippen LogP contribution in [0.25, 0.3) is 11.4 Å². The number of carbonyl (C=O) groups is 1. The molecule has 11 heteroatoms. The molecule has 0 unspecified atom stereocenters. The summed E-state index contributed by atoms with van der Waals surface area (Å²) >= 11 is 0. The highest BCUT2D eigenvalue weighted by atomic mass is 19.4. The molecule has 0 radical (unpaired) electrons. The van der Waals surface area contributed by atoms with Crippen LogP contribution in [-0.4, -0.2) is 65.4 Å². The molecule has 1 amide bonds. The van der Waals surface area contributed by atoms with Crippen molar-refractivity contribution < 1.29 is 27.3 Å². The van der Waals surface area contributed by atoms with Crippen LogP contribution in [0.4, 0.5) is 13.2 Å². The van der Waals surface area contributed by atoms with E-state index in [-0.39, 0.29) is 17.3 Å². The second-order valence-corrected chi connectivity index (χ2v) is 7.70. The predicted molar refractivity (Wildman–Crippen MR) is 117 cm³/mol. The fourth-order valence-corrected chi connectivity index (χ4v) is 3.58. The van der Waals surface area contributed by atoms with Crippen LogP contribution in [0.15, 0.2) is 58.2 Å². The van der Waals surface area contributed by atoms with Crippen molar-refractivity contribution in [1.29, 1.82) is 0 Å². The Labute approximate surface area is 193 Å². The van der Waals surface area contributed by atoms with Gasteiger partial charge in [0.05, 0.1) is 18.3 Å². The molecule has 8 nitrogen and oxygen atoms in total. The lowest BCUT2D eigenvalue weighted by Crippen LogP contribution is -2.48. The van der Waals surface area contributed by atoms with Gasteiger partial charge >= 0.3 is 6.18 Å². The van der Waals surface area contributed by atoms with E-state index in [0.29, 0.717) is 44.2 Å². The molecule has 0 N–H and O–H groups in total. The smallest absolute Gasteiger partial charge is 0.399 e. The van der Waals surface area contributed by atoms with Crippen molar-refractivity contribution in [2.24, 2.45) is 5.16 Å². The lowest BCUT2D eigenvalue weighted by Gasteiger charge is -2.34. The predicted octanol–water partition coefficient (Wildman–Crippen LogP) is 3.69. The number of piperazine rings is 1. The van der Waals surface area contributed by atoms with Crippen molar-refractivity contribution in [1.82, 2.24) is 19.9 Å². The van der Waals surface area contributed by atoms with Gasteiger partial charge in [-0.3, -0.25) is 9.69 Å². The zero-order valence-electron chi connectivity index (χ0n) is 18.3. The van der Waals surface area contributed by atoms with Crippen LogP contribution in [0.3, 0.4) is 0 Å². The minimum atomic E-state index is -4.44. The molecule has 1 aliphatic heterocycles. The zero-order valence-corrected chi connectivity index (χ0v) is 18.3. The van der Waals surface area contributed by atoms with Crippen molar-refractivity contribution in [3.05, 3.63) is 71.1 Å². The maximum atomic E-state index is 12.9. The van der Waals surface area contributed by atoms with Crippen molar-refractivity contribution in [3.8, 4) is 11.4 Å². The van der Waals surface area contributed by atoms with Crippen LogP contribution in [0.1, 0.15) is 27.4 Å². The Kier molecular flexibility index (Phi) is 6.92. The fourth-order valence-electron chi connectivity index (χ4n) is 3.58.